The van der Waals surface area contributed by atoms with Crippen LogP contribution in [0.4, 0.5) is 0 Å². The third-order valence-corrected chi connectivity index (χ3v) is 15.6. The summed E-state index contributed by atoms with van der Waals surface area (Å²) in [6, 6.07) is 0. The van der Waals surface area contributed by atoms with E-state index >= 15 is 0 Å². The van der Waals surface area contributed by atoms with Crippen LogP contribution in [0.5, 0.6) is 0 Å². The molecule has 3 atom stereocenters. The van der Waals surface area contributed by atoms with Crippen LogP contribution in [-0.2, 0) is 0 Å². The van der Waals surface area contributed by atoms with Crippen molar-refractivity contribution in [3.05, 3.63) is 0 Å². The first kappa shape index (κ1) is 24.1. The average molecular weight is 413 g/mol. The Morgan fingerprint density at radius 2 is 1.15 bits per heavy atom. The second kappa shape index (κ2) is 7.52. The van der Waals surface area contributed by atoms with E-state index in [-0.39, 0.29) is 15.8 Å². The van der Waals surface area contributed by atoms with Crippen LogP contribution >= 0.6 is 15.8 Å². The van der Waals surface area contributed by atoms with E-state index in [2.05, 4.69) is 83.1 Å². The molecule has 0 saturated heterocycles. The second-order valence-electron chi connectivity index (χ2n) is 13.8. The monoisotopic (exact) mass is 412 g/mol. The van der Waals surface area contributed by atoms with E-state index in [9.17, 15) is 0 Å². The molecule has 0 aromatic carbocycles. The zero-order valence-corrected chi connectivity index (χ0v) is 22.6. The van der Waals surface area contributed by atoms with Crippen molar-refractivity contribution in [2.45, 2.75) is 129 Å². The quantitative estimate of drug-likeness (QED) is 0.404. The molecule has 0 nitrogen and oxygen atoms in total. The molecular weight excluding hydrogens is 362 g/mol. The number of hydrogen-bond acceptors (Lipinski definition) is 0. The zero-order chi connectivity index (χ0) is 21.1. The third-order valence-electron chi connectivity index (χ3n) is 7.34. The summed E-state index contributed by atoms with van der Waals surface area (Å²) in [5.74, 6) is 2.04. The highest BCUT2D eigenvalue weighted by Gasteiger charge is 2.55. The Hall–Kier alpha value is 0.860. The number of rotatable bonds is 4. The number of hydrogen-bond donors (Lipinski definition) is 0. The highest BCUT2D eigenvalue weighted by Crippen LogP contribution is 2.71. The molecule has 0 radical (unpaired) electrons. The van der Waals surface area contributed by atoms with Crippen LogP contribution in [0.2, 0.25) is 0 Å². The molecule has 2 saturated carbocycles. The summed E-state index contributed by atoms with van der Waals surface area (Å²) in [5, 5.41) is 1.86. The van der Waals surface area contributed by atoms with Gasteiger partial charge in [-0.3, -0.25) is 0 Å². The predicted octanol–water partition coefficient (Wildman–Crippen LogP) is 8.95. The largest absolute Gasteiger partial charge is 0.0953 e. The maximum atomic E-state index is 2.52. The van der Waals surface area contributed by atoms with E-state index in [0.29, 0.717) is 26.0 Å². The van der Waals surface area contributed by atoms with Crippen LogP contribution in [0.15, 0.2) is 0 Å². The Kier molecular flexibility index (Phi) is 6.73. The molecule has 27 heavy (non-hydrogen) atoms. The maximum Gasteiger partial charge on any atom is -0.0174 e. The summed E-state index contributed by atoms with van der Waals surface area (Å²) in [7, 11) is 0.0465. The standard InChI is InChI=1S/C25H50P2/c1-21(2,3)26(22(4,5)6)17-20-15-19-13-14-25(20,16-19)18-27(23(7,8)9)24(10,11)12/h19-20H,13-18H2,1-12H3. The Labute approximate surface area is 174 Å². The fourth-order valence-corrected chi connectivity index (χ4v) is 14.8. The molecule has 2 rings (SSSR count). The minimum absolute atomic E-state index is 0.0179. The van der Waals surface area contributed by atoms with Crippen molar-refractivity contribution in [2.75, 3.05) is 12.3 Å². The Balaban J connectivity index is 2.31. The summed E-state index contributed by atoms with van der Waals surface area (Å²) in [4.78, 5) is 0. The molecule has 160 valence electrons. The van der Waals surface area contributed by atoms with E-state index in [1.165, 1.54) is 25.2 Å². The zero-order valence-electron chi connectivity index (χ0n) is 20.8. The van der Waals surface area contributed by atoms with Gasteiger partial charge in [-0.15, -0.1) is 0 Å². The fourth-order valence-electron chi connectivity index (χ4n) is 6.61. The van der Waals surface area contributed by atoms with Gasteiger partial charge >= 0.3 is 0 Å². The normalized spacial score (nSPS) is 30.0. The van der Waals surface area contributed by atoms with Crippen molar-refractivity contribution in [2.24, 2.45) is 17.3 Å². The van der Waals surface area contributed by atoms with E-state index in [0.717, 1.165) is 11.8 Å². The first-order valence-electron chi connectivity index (χ1n) is 11.4. The molecule has 2 bridgehead atoms. The SMILES string of the molecule is CC(C)(C)P(CC1CC2CCC1(CP(C(C)(C)C)C(C)(C)C)C2)C(C)(C)C. The molecule has 0 aromatic rings. The van der Waals surface area contributed by atoms with Crippen LogP contribution in [0, 0.1) is 17.3 Å². The molecule has 2 fully saturated rings. The van der Waals surface area contributed by atoms with Gasteiger partial charge in [0.05, 0.1) is 0 Å². The molecule has 0 aromatic heterocycles. The Morgan fingerprint density at radius 3 is 1.52 bits per heavy atom. The maximum absolute atomic E-state index is 2.52. The van der Waals surface area contributed by atoms with Gasteiger partial charge in [0.25, 0.3) is 0 Å². The van der Waals surface area contributed by atoms with Crippen molar-refractivity contribution < 1.29 is 0 Å². The molecule has 0 aliphatic heterocycles. The average Bonchev–Trinajstić information content (AvgIpc) is 2.95. The molecule has 3 unspecified atom stereocenters. The van der Waals surface area contributed by atoms with Crippen molar-refractivity contribution in [3.63, 3.8) is 0 Å². The van der Waals surface area contributed by atoms with E-state index in [1.54, 1.807) is 12.8 Å². The third kappa shape index (κ3) is 5.52. The summed E-state index contributed by atoms with van der Waals surface area (Å²) in [6.07, 6.45) is 9.22. The van der Waals surface area contributed by atoms with Gasteiger partial charge in [-0.05, 0) is 75.9 Å². The van der Waals surface area contributed by atoms with Gasteiger partial charge < -0.3 is 0 Å². The van der Waals surface area contributed by atoms with Gasteiger partial charge in [0.15, 0.2) is 0 Å². The van der Waals surface area contributed by atoms with Crippen molar-refractivity contribution in [3.8, 4) is 0 Å². The summed E-state index contributed by atoms with van der Waals surface area (Å²) < 4.78 is 0. The predicted molar refractivity (Wildman–Crippen MR) is 130 cm³/mol. The summed E-state index contributed by atoms with van der Waals surface area (Å²) >= 11 is 0. The lowest BCUT2D eigenvalue weighted by Gasteiger charge is -2.50. The fraction of sp³-hybridized carbons (Fsp3) is 1.00. The van der Waals surface area contributed by atoms with Crippen molar-refractivity contribution in [1.29, 1.82) is 0 Å². The van der Waals surface area contributed by atoms with Gasteiger partial charge in [-0.2, -0.15) is 0 Å². The highest BCUT2D eigenvalue weighted by atomic mass is 31.1. The van der Waals surface area contributed by atoms with Crippen LogP contribution in [0.3, 0.4) is 0 Å². The number of fused-ring (bicyclic) bond motifs is 2. The van der Waals surface area contributed by atoms with E-state index in [1.807, 2.05) is 0 Å². The molecule has 0 amide bonds. The molecule has 0 heterocycles. The first-order chi connectivity index (χ1) is 11.9. The smallest absolute Gasteiger partial charge is 0.0174 e. The highest BCUT2D eigenvalue weighted by molar-refractivity contribution is 7.61. The molecule has 0 spiro atoms. The van der Waals surface area contributed by atoms with Gasteiger partial charge in [0, 0.05) is 0 Å². The van der Waals surface area contributed by atoms with Gasteiger partial charge in [-0.1, -0.05) is 98.9 Å². The molecular formula is C25H50P2. The van der Waals surface area contributed by atoms with Crippen LogP contribution in [-0.4, -0.2) is 32.9 Å². The summed E-state index contributed by atoms with van der Waals surface area (Å²) in [6.45, 7) is 30.2. The first-order valence-corrected chi connectivity index (χ1v) is 14.5. The molecule has 2 heteroatoms. The van der Waals surface area contributed by atoms with Gasteiger partial charge in [0.1, 0.15) is 0 Å². The van der Waals surface area contributed by atoms with E-state index in [4.69, 9.17) is 0 Å². The lowest BCUT2D eigenvalue weighted by Crippen LogP contribution is -2.39. The molecule has 2 aliphatic carbocycles. The Morgan fingerprint density at radius 1 is 0.704 bits per heavy atom. The molecule has 0 N–H and O–H groups in total. The van der Waals surface area contributed by atoms with Crippen molar-refractivity contribution in [1.82, 2.24) is 0 Å². The summed E-state index contributed by atoms with van der Waals surface area (Å²) in [5.41, 5.74) is 0.675. The minimum Gasteiger partial charge on any atom is -0.0953 e. The van der Waals surface area contributed by atoms with Crippen molar-refractivity contribution >= 4 is 15.8 Å². The van der Waals surface area contributed by atoms with Crippen LogP contribution in [0.1, 0.15) is 109 Å². The Bertz CT molecular complexity index is 480. The lowest BCUT2D eigenvalue weighted by molar-refractivity contribution is 0.235. The minimum atomic E-state index is 0.0179. The topological polar surface area (TPSA) is 0 Å². The van der Waals surface area contributed by atoms with Gasteiger partial charge in [-0.25, -0.2) is 0 Å². The second-order valence-corrected chi connectivity index (χ2v) is 21.5. The van der Waals surface area contributed by atoms with E-state index < -0.39 is 0 Å². The lowest BCUT2D eigenvalue weighted by atomic mass is 9.77. The van der Waals surface area contributed by atoms with Crippen LogP contribution in [0.25, 0.3) is 0 Å². The van der Waals surface area contributed by atoms with Gasteiger partial charge in [0.2, 0.25) is 0 Å². The molecule has 2 aliphatic rings. The van der Waals surface area contributed by atoms with Crippen LogP contribution < -0.4 is 0 Å².